The van der Waals surface area contributed by atoms with Gasteiger partial charge in [-0.1, -0.05) is 102 Å². The average molecular weight is 381 g/mol. The van der Waals surface area contributed by atoms with E-state index in [0.29, 0.717) is 24.4 Å². The highest BCUT2D eigenvalue weighted by atomic mass is 16.1. The lowest BCUT2D eigenvalue weighted by Crippen LogP contribution is -2.20. The van der Waals surface area contributed by atoms with E-state index in [-0.39, 0.29) is 10.8 Å². The Morgan fingerprint density at radius 3 is 1.11 bits per heavy atom. The molecule has 0 aromatic heterocycles. The molecule has 0 aliphatic carbocycles. The second kappa shape index (κ2) is 10.9. The number of rotatable bonds is 6. The van der Waals surface area contributed by atoms with Crippen molar-refractivity contribution in [2.45, 2.75) is 67.2 Å². The van der Waals surface area contributed by atoms with Crippen LogP contribution in [0.1, 0.15) is 65.5 Å². The summed E-state index contributed by atoms with van der Waals surface area (Å²) in [6.07, 6.45) is 3.01. The molecule has 0 radical (unpaired) electrons. The van der Waals surface area contributed by atoms with Crippen LogP contribution in [0.3, 0.4) is 0 Å². The fourth-order valence-electron chi connectivity index (χ4n) is 2.56. The summed E-state index contributed by atoms with van der Waals surface area (Å²) in [5.74, 6) is 0.669. The number of aryl methyl sites for hydroxylation is 2. The lowest BCUT2D eigenvalue weighted by Gasteiger charge is -2.16. The molecule has 2 rings (SSSR count). The fourth-order valence-corrected chi connectivity index (χ4v) is 2.56. The molecule has 0 N–H and O–H groups in total. The molecule has 0 aliphatic rings. The van der Waals surface area contributed by atoms with E-state index in [1.165, 1.54) is 11.1 Å². The molecule has 0 unspecified atom stereocenters. The first kappa shape index (κ1) is 23.8. The van der Waals surface area contributed by atoms with E-state index in [0.717, 1.165) is 12.8 Å². The number of benzene rings is 2. The third-order valence-electron chi connectivity index (χ3n) is 4.64. The third-order valence-corrected chi connectivity index (χ3v) is 4.64. The van der Waals surface area contributed by atoms with Crippen LogP contribution in [0.2, 0.25) is 0 Å². The van der Waals surface area contributed by atoms with Crippen molar-refractivity contribution < 1.29 is 9.59 Å². The van der Waals surface area contributed by atoms with Crippen molar-refractivity contribution in [1.29, 1.82) is 0 Å². The van der Waals surface area contributed by atoms with E-state index in [1.807, 2.05) is 77.9 Å². The standard InChI is InChI=1S/2C13H18O/c2*1-13(2,3)12(14)10-9-11-7-5-4-6-8-11/h2*4-8H,9-10H2,1-3H3. The van der Waals surface area contributed by atoms with E-state index in [9.17, 15) is 9.59 Å². The zero-order valence-corrected chi connectivity index (χ0v) is 18.4. The van der Waals surface area contributed by atoms with Gasteiger partial charge in [0.2, 0.25) is 0 Å². The lowest BCUT2D eigenvalue weighted by molar-refractivity contribution is -0.126. The quantitative estimate of drug-likeness (QED) is 0.575. The van der Waals surface area contributed by atoms with Gasteiger partial charge in [0.05, 0.1) is 0 Å². The molecule has 0 amide bonds. The van der Waals surface area contributed by atoms with Crippen LogP contribution >= 0.6 is 0 Å². The minimum absolute atomic E-state index is 0.200. The summed E-state index contributed by atoms with van der Waals surface area (Å²) in [6, 6.07) is 20.3. The highest BCUT2D eigenvalue weighted by molar-refractivity contribution is 5.84. The van der Waals surface area contributed by atoms with Crippen LogP contribution in [0.5, 0.6) is 0 Å². The topological polar surface area (TPSA) is 34.1 Å². The normalized spacial score (nSPS) is 11.4. The first-order valence-corrected chi connectivity index (χ1v) is 10.1. The second-order valence-electron chi connectivity index (χ2n) is 9.32. The smallest absolute Gasteiger partial charge is 0.138 e. The summed E-state index contributed by atoms with van der Waals surface area (Å²) < 4.78 is 0. The molecule has 0 aliphatic heterocycles. The summed E-state index contributed by atoms with van der Waals surface area (Å²) in [5.41, 5.74) is 2.08. The number of Topliss-reactive ketones (excluding diaryl/α,β-unsaturated/α-hetero) is 2. The molecule has 28 heavy (non-hydrogen) atoms. The molecule has 2 aromatic rings. The Hall–Kier alpha value is -2.22. The van der Waals surface area contributed by atoms with Crippen molar-refractivity contribution in [1.82, 2.24) is 0 Å². The van der Waals surface area contributed by atoms with Crippen LogP contribution in [0, 0.1) is 10.8 Å². The fraction of sp³-hybridized carbons (Fsp3) is 0.462. The number of carbonyl (C=O) groups excluding carboxylic acids is 2. The highest BCUT2D eigenvalue weighted by Crippen LogP contribution is 2.19. The van der Waals surface area contributed by atoms with Crippen LogP contribution in [-0.2, 0) is 22.4 Å². The largest absolute Gasteiger partial charge is 0.299 e. The van der Waals surface area contributed by atoms with Gasteiger partial charge in [-0.2, -0.15) is 0 Å². The molecule has 2 aromatic carbocycles. The predicted molar refractivity (Wildman–Crippen MR) is 118 cm³/mol. The number of ketones is 2. The zero-order chi connectivity index (χ0) is 21.2. The van der Waals surface area contributed by atoms with Gasteiger partial charge in [-0.3, -0.25) is 9.59 Å². The predicted octanol–water partition coefficient (Wildman–Crippen LogP) is 6.47. The molecule has 0 spiro atoms. The molecule has 0 bridgehead atoms. The van der Waals surface area contributed by atoms with Gasteiger partial charge in [-0.05, 0) is 24.0 Å². The van der Waals surface area contributed by atoms with E-state index in [1.54, 1.807) is 0 Å². The van der Waals surface area contributed by atoms with Gasteiger partial charge >= 0.3 is 0 Å². The van der Waals surface area contributed by atoms with Crippen LogP contribution in [0.15, 0.2) is 60.7 Å². The summed E-state index contributed by atoms with van der Waals surface area (Å²) in [6.45, 7) is 11.8. The molecule has 0 saturated carbocycles. The third kappa shape index (κ3) is 9.64. The molecule has 2 heteroatoms. The summed E-state index contributed by atoms with van der Waals surface area (Å²) in [4.78, 5) is 23.3. The van der Waals surface area contributed by atoms with Gasteiger partial charge < -0.3 is 0 Å². The minimum Gasteiger partial charge on any atom is -0.299 e. The molecule has 2 nitrogen and oxygen atoms in total. The highest BCUT2D eigenvalue weighted by Gasteiger charge is 2.20. The first-order chi connectivity index (χ1) is 13.0. The molecule has 0 saturated heterocycles. The Kier molecular flexibility index (Phi) is 9.31. The van der Waals surface area contributed by atoms with Crippen LogP contribution in [-0.4, -0.2) is 11.6 Å². The number of carbonyl (C=O) groups is 2. The van der Waals surface area contributed by atoms with Gasteiger partial charge in [-0.25, -0.2) is 0 Å². The molecular weight excluding hydrogens is 344 g/mol. The number of hydrogen-bond acceptors (Lipinski definition) is 2. The minimum atomic E-state index is -0.200. The molecule has 0 atom stereocenters. The summed E-state index contributed by atoms with van der Waals surface area (Å²) >= 11 is 0. The van der Waals surface area contributed by atoms with Crippen LogP contribution < -0.4 is 0 Å². The zero-order valence-electron chi connectivity index (χ0n) is 18.4. The van der Waals surface area contributed by atoms with Gasteiger partial charge in [-0.15, -0.1) is 0 Å². The van der Waals surface area contributed by atoms with E-state index in [2.05, 4.69) is 24.3 Å². The molecule has 0 heterocycles. The van der Waals surface area contributed by atoms with Crippen molar-refractivity contribution in [2.75, 3.05) is 0 Å². The van der Waals surface area contributed by atoms with Crippen molar-refractivity contribution in [3.05, 3.63) is 71.8 Å². The Morgan fingerprint density at radius 1 is 0.571 bits per heavy atom. The monoisotopic (exact) mass is 380 g/mol. The lowest BCUT2D eigenvalue weighted by atomic mass is 9.87. The summed E-state index contributed by atoms with van der Waals surface area (Å²) in [7, 11) is 0. The maximum absolute atomic E-state index is 11.6. The second-order valence-corrected chi connectivity index (χ2v) is 9.32. The molecule has 0 fully saturated rings. The maximum atomic E-state index is 11.6. The van der Waals surface area contributed by atoms with Crippen LogP contribution in [0.4, 0.5) is 0 Å². The van der Waals surface area contributed by atoms with Crippen molar-refractivity contribution in [3.8, 4) is 0 Å². The maximum Gasteiger partial charge on any atom is 0.138 e. The average Bonchev–Trinajstić information content (AvgIpc) is 2.64. The van der Waals surface area contributed by atoms with E-state index < -0.39 is 0 Å². The Morgan fingerprint density at radius 2 is 0.857 bits per heavy atom. The van der Waals surface area contributed by atoms with Gasteiger partial charge in [0.1, 0.15) is 11.6 Å². The van der Waals surface area contributed by atoms with Gasteiger partial charge in [0, 0.05) is 23.7 Å². The van der Waals surface area contributed by atoms with Gasteiger partial charge in [0.15, 0.2) is 0 Å². The molecule has 152 valence electrons. The number of hydrogen-bond donors (Lipinski definition) is 0. The van der Waals surface area contributed by atoms with E-state index >= 15 is 0 Å². The van der Waals surface area contributed by atoms with Crippen LogP contribution in [0.25, 0.3) is 0 Å². The van der Waals surface area contributed by atoms with E-state index in [4.69, 9.17) is 0 Å². The Labute approximate surface area is 171 Å². The molecular formula is C26H36O2. The Balaban J connectivity index is 0.000000280. The van der Waals surface area contributed by atoms with Crippen molar-refractivity contribution in [2.24, 2.45) is 10.8 Å². The van der Waals surface area contributed by atoms with Gasteiger partial charge in [0.25, 0.3) is 0 Å². The van der Waals surface area contributed by atoms with Crippen molar-refractivity contribution in [3.63, 3.8) is 0 Å². The SMILES string of the molecule is CC(C)(C)C(=O)CCc1ccccc1.CC(C)(C)C(=O)CCc1ccccc1. The summed E-state index contributed by atoms with van der Waals surface area (Å²) in [5, 5.41) is 0. The first-order valence-electron chi connectivity index (χ1n) is 10.1. The van der Waals surface area contributed by atoms with Crippen molar-refractivity contribution >= 4 is 11.6 Å². The Bertz CT molecular complexity index is 651.